The van der Waals surface area contributed by atoms with Crippen LogP contribution in [0, 0.1) is 5.92 Å². The van der Waals surface area contributed by atoms with Gasteiger partial charge in [-0.2, -0.15) is 11.8 Å². The number of carbonyl (C=O) groups is 4. The van der Waals surface area contributed by atoms with Crippen molar-refractivity contribution in [3.05, 3.63) is 0 Å². The van der Waals surface area contributed by atoms with Crippen molar-refractivity contribution >= 4 is 35.5 Å². The number of likely N-dealkylation sites (tertiary alicyclic amines) is 1. The van der Waals surface area contributed by atoms with Crippen molar-refractivity contribution in [3.63, 3.8) is 0 Å². The number of nitrogens with zero attached hydrogens (tertiary/aromatic N) is 1. The van der Waals surface area contributed by atoms with E-state index in [1.807, 2.05) is 13.2 Å². The smallest absolute Gasteiger partial charge is 0.326 e. The minimum atomic E-state index is -1.10. The molecule has 1 saturated heterocycles. The molecule has 1 heterocycles. The monoisotopic (exact) mass is 416 g/mol. The second-order valence-corrected chi connectivity index (χ2v) is 7.99. The third kappa shape index (κ3) is 6.66. The van der Waals surface area contributed by atoms with E-state index in [-0.39, 0.29) is 18.4 Å². The summed E-state index contributed by atoms with van der Waals surface area (Å²) >= 11 is 1.52. The van der Waals surface area contributed by atoms with E-state index in [9.17, 15) is 24.3 Å². The fourth-order valence-electron chi connectivity index (χ4n) is 3.16. The Hall–Kier alpha value is -1.81. The molecule has 1 rings (SSSR count). The van der Waals surface area contributed by atoms with Gasteiger partial charge in [0.1, 0.15) is 18.1 Å². The molecule has 0 bridgehead atoms. The highest BCUT2D eigenvalue weighted by Crippen LogP contribution is 2.18. The molecule has 0 saturated carbocycles. The van der Waals surface area contributed by atoms with E-state index >= 15 is 0 Å². The maximum atomic E-state index is 12.7. The van der Waals surface area contributed by atoms with Crippen LogP contribution in [0.25, 0.3) is 0 Å². The van der Waals surface area contributed by atoms with Crippen molar-refractivity contribution in [2.45, 2.75) is 57.7 Å². The lowest BCUT2D eigenvalue weighted by Crippen LogP contribution is -2.56. The average Bonchev–Trinajstić information content (AvgIpc) is 3.17. The van der Waals surface area contributed by atoms with Crippen LogP contribution in [0.3, 0.4) is 0 Å². The van der Waals surface area contributed by atoms with Gasteiger partial charge in [-0.15, -0.1) is 0 Å². The van der Waals surface area contributed by atoms with Gasteiger partial charge in [0, 0.05) is 6.54 Å². The van der Waals surface area contributed by atoms with Crippen LogP contribution in [-0.2, 0) is 19.2 Å². The summed E-state index contributed by atoms with van der Waals surface area (Å²) in [5.41, 5.74) is 5.41. The van der Waals surface area contributed by atoms with E-state index in [2.05, 4.69) is 10.6 Å². The van der Waals surface area contributed by atoms with Crippen molar-refractivity contribution in [2.75, 3.05) is 25.1 Å². The van der Waals surface area contributed by atoms with E-state index in [4.69, 9.17) is 5.73 Å². The van der Waals surface area contributed by atoms with Crippen LogP contribution in [0.1, 0.15) is 39.5 Å². The van der Waals surface area contributed by atoms with Gasteiger partial charge in [-0.25, -0.2) is 4.79 Å². The molecule has 1 aliphatic heterocycles. The molecule has 10 heteroatoms. The van der Waals surface area contributed by atoms with Gasteiger partial charge >= 0.3 is 5.97 Å². The first kappa shape index (κ1) is 24.2. The lowest BCUT2D eigenvalue weighted by Gasteiger charge is -2.27. The maximum Gasteiger partial charge on any atom is 0.326 e. The number of hydrogen-bond acceptors (Lipinski definition) is 6. The third-order valence-electron chi connectivity index (χ3n) is 5.07. The molecule has 0 aromatic carbocycles. The van der Waals surface area contributed by atoms with E-state index in [0.717, 1.165) is 0 Å². The minimum absolute atomic E-state index is 0.171. The third-order valence-corrected chi connectivity index (χ3v) is 5.71. The standard InChI is InChI=1S/C18H32N4O5S/c1-4-11(2)15(18(26)27)21-16(24)12(7-9-28-3)20-17(25)13-6-5-8-22(13)14(23)10-19/h11-13,15H,4-10,19H2,1-3H3,(H,20,25)(H,21,24)(H,26,27). The van der Waals surface area contributed by atoms with Gasteiger partial charge in [0.15, 0.2) is 0 Å². The Morgan fingerprint density at radius 2 is 1.96 bits per heavy atom. The molecule has 1 aliphatic rings. The van der Waals surface area contributed by atoms with Gasteiger partial charge in [-0.05, 0) is 37.2 Å². The largest absolute Gasteiger partial charge is 0.480 e. The lowest BCUT2D eigenvalue weighted by molar-refractivity contribution is -0.144. The normalized spacial score (nSPS) is 19.6. The van der Waals surface area contributed by atoms with Gasteiger partial charge in [-0.1, -0.05) is 20.3 Å². The zero-order valence-corrected chi connectivity index (χ0v) is 17.6. The number of thioether (sulfide) groups is 1. The number of nitrogens with one attached hydrogen (secondary N) is 2. The van der Waals surface area contributed by atoms with E-state index in [1.54, 1.807) is 6.92 Å². The molecular weight excluding hydrogens is 384 g/mol. The Kier molecular flexibility index (Phi) is 10.3. The predicted octanol–water partition coefficient (Wildman–Crippen LogP) is -0.210. The van der Waals surface area contributed by atoms with Gasteiger partial charge in [0.2, 0.25) is 17.7 Å². The Labute approximate surface area is 170 Å². The molecule has 0 radical (unpaired) electrons. The van der Waals surface area contributed by atoms with Crippen molar-refractivity contribution in [2.24, 2.45) is 11.7 Å². The highest BCUT2D eigenvalue weighted by atomic mass is 32.2. The van der Waals surface area contributed by atoms with Crippen LogP contribution in [0.2, 0.25) is 0 Å². The van der Waals surface area contributed by atoms with Crippen molar-refractivity contribution in [3.8, 4) is 0 Å². The highest BCUT2D eigenvalue weighted by Gasteiger charge is 2.36. The predicted molar refractivity (Wildman–Crippen MR) is 108 cm³/mol. The number of carboxylic acids is 1. The average molecular weight is 417 g/mol. The molecule has 5 N–H and O–H groups in total. The number of hydrogen-bond donors (Lipinski definition) is 4. The molecule has 9 nitrogen and oxygen atoms in total. The first-order valence-electron chi connectivity index (χ1n) is 9.58. The van der Waals surface area contributed by atoms with Crippen LogP contribution in [-0.4, -0.2) is 76.9 Å². The second-order valence-electron chi connectivity index (χ2n) is 7.00. The summed E-state index contributed by atoms with van der Waals surface area (Å²) in [5.74, 6) is -1.96. The van der Waals surface area contributed by atoms with Crippen molar-refractivity contribution < 1.29 is 24.3 Å². The van der Waals surface area contributed by atoms with Crippen LogP contribution in [0.4, 0.5) is 0 Å². The van der Waals surface area contributed by atoms with Crippen LogP contribution < -0.4 is 16.4 Å². The molecule has 4 atom stereocenters. The summed E-state index contributed by atoms with van der Waals surface area (Å²) in [7, 11) is 0. The Morgan fingerprint density at radius 1 is 1.29 bits per heavy atom. The summed E-state index contributed by atoms with van der Waals surface area (Å²) in [6.45, 7) is 3.90. The first-order chi connectivity index (χ1) is 13.3. The Morgan fingerprint density at radius 3 is 2.50 bits per heavy atom. The molecule has 3 amide bonds. The van der Waals surface area contributed by atoms with Crippen molar-refractivity contribution in [1.82, 2.24) is 15.5 Å². The molecule has 1 fully saturated rings. The summed E-state index contributed by atoms with van der Waals surface area (Å²) < 4.78 is 0. The SMILES string of the molecule is CCC(C)C(NC(=O)C(CCSC)NC(=O)C1CCCN1C(=O)CN)C(=O)O. The molecule has 0 spiro atoms. The van der Waals surface area contributed by atoms with Gasteiger partial charge < -0.3 is 26.4 Å². The molecule has 160 valence electrons. The van der Waals surface area contributed by atoms with E-state index < -0.39 is 35.9 Å². The Balaban J connectivity index is 2.86. The highest BCUT2D eigenvalue weighted by molar-refractivity contribution is 7.98. The number of carboxylic acid groups (broad SMARTS) is 1. The molecule has 0 aromatic rings. The lowest BCUT2D eigenvalue weighted by atomic mass is 9.98. The summed E-state index contributed by atoms with van der Waals surface area (Å²) in [6, 6.07) is -2.53. The summed E-state index contributed by atoms with van der Waals surface area (Å²) in [4.78, 5) is 50.3. The zero-order valence-electron chi connectivity index (χ0n) is 16.8. The molecule has 0 aliphatic carbocycles. The fourth-order valence-corrected chi connectivity index (χ4v) is 3.64. The van der Waals surface area contributed by atoms with Crippen molar-refractivity contribution in [1.29, 1.82) is 0 Å². The number of amides is 3. The minimum Gasteiger partial charge on any atom is -0.480 e. The summed E-state index contributed by atoms with van der Waals surface area (Å²) in [6.07, 6.45) is 4.05. The number of carbonyl (C=O) groups excluding carboxylic acids is 3. The zero-order chi connectivity index (χ0) is 21.3. The topological polar surface area (TPSA) is 142 Å². The quantitative estimate of drug-likeness (QED) is 0.365. The van der Waals surface area contributed by atoms with Gasteiger partial charge in [0.25, 0.3) is 0 Å². The Bertz CT molecular complexity index is 574. The van der Waals surface area contributed by atoms with Crippen LogP contribution in [0.5, 0.6) is 0 Å². The van der Waals surface area contributed by atoms with Crippen LogP contribution >= 0.6 is 11.8 Å². The number of aliphatic carboxylic acids is 1. The first-order valence-corrected chi connectivity index (χ1v) is 11.0. The van der Waals surface area contributed by atoms with Crippen LogP contribution in [0.15, 0.2) is 0 Å². The molecule has 0 aromatic heterocycles. The second kappa shape index (κ2) is 11.9. The molecular formula is C18H32N4O5S. The number of rotatable bonds is 11. The van der Waals surface area contributed by atoms with E-state index in [0.29, 0.717) is 38.0 Å². The number of nitrogens with two attached hydrogens (primary N) is 1. The van der Waals surface area contributed by atoms with E-state index in [1.165, 1.54) is 16.7 Å². The van der Waals surface area contributed by atoms with Gasteiger partial charge in [0.05, 0.1) is 6.54 Å². The fraction of sp³-hybridized carbons (Fsp3) is 0.778. The summed E-state index contributed by atoms with van der Waals surface area (Å²) in [5, 5.41) is 14.7. The molecule has 4 unspecified atom stereocenters. The molecule has 28 heavy (non-hydrogen) atoms. The maximum absolute atomic E-state index is 12.7. The van der Waals surface area contributed by atoms with Gasteiger partial charge in [-0.3, -0.25) is 14.4 Å².